The second-order valence-corrected chi connectivity index (χ2v) is 32.4. The predicted octanol–water partition coefficient (Wildman–Crippen LogP) is 12.3. The molecule has 4 aromatic rings. The Morgan fingerprint density at radius 3 is 1.99 bits per heavy atom. The molecule has 7 rings (SSSR count). The average Bonchev–Trinajstić information content (AvgIpc) is 3.63. The molecule has 3 aliphatic rings. The van der Waals surface area contributed by atoms with Crippen LogP contribution >= 0.6 is 0 Å². The van der Waals surface area contributed by atoms with Gasteiger partial charge < -0.3 is 18.2 Å². The second-order valence-electron chi connectivity index (χ2n) is 21.1. The van der Waals surface area contributed by atoms with Gasteiger partial charge in [0.1, 0.15) is 12.3 Å². The number of unbranched alkanes of at least 4 members (excludes halogenated alkanes) is 2. The Labute approximate surface area is 413 Å². The van der Waals surface area contributed by atoms with Crippen LogP contribution in [0.1, 0.15) is 90.2 Å². The summed E-state index contributed by atoms with van der Waals surface area (Å²) in [5.41, 5.74) is 8.33. The van der Waals surface area contributed by atoms with Gasteiger partial charge in [0.25, 0.3) is 20.2 Å². The van der Waals surface area contributed by atoms with Crippen molar-refractivity contribution >= 4 is 75.7 Å². The molecule has 69 heavy (non-hydrogen) atoms. The van der Waals surface area contributed by atoms with Gasteiger partial charge in [0.2, 0.25) is 5.69 Å². The summed E-state index contributed by atoms with van der Waals surface area (Å²) in [6.45, 7) is 19.5. The lowest BCUT2D eigenvalue weighted by Gasteiger charge is -2.32. The third-order valence-electron chi connectivity index (χ3n) is 13.9. The van der Waals surface area contributed by atoms with Crippen LogP contribution in [0, 0.1) is 0 Å². The second kappa shape index (κ2) is 20.9. The molecule has 1 unspecified atom stereocenters. The van der Waals surface area contributed by atoms with Gasteiger partial charge in [-0.1, -0.05) is 74.5 Å². The fourth-order valence-corrected chi connectivity index (χ4v) is 18.9. The molecule has 1 atom stereocenters. The number of hydrogen-bond acceptors (Lipinski definition) is 8. The minimum absolute atomic E-state index is 0.277. The largest absolute Gasteiger partial charge is 0.493 e. The van der Waals surface area contributed by atoms with Crippen LogP contribution in [0.15, 0.2) is 120 Å². The molecule has 0 saturated heterocycles. The monoisotopic (exact) mass is 1010 g/mol. The molecule has 0 saturated carbocycles. The molecule has 0 spiro atoms. The van der Waals surface area contributed by atoms with E-state index in [0.717, 1.165) is 82.2 Å². The molecule has 372 valence electrons. The number of allylic oxidation sites excluding steroid dienone is 7. The Bertz CT molecular complexity index is 2970. The van der Waals surface area contributed by atoms with Crippen molar-refractivity contribution in [1.29, 1.82) is 0 Å². The Balaban J connectivity index is 1.30. The maximum Gasteiger partial charge on any atom is 0.324 e. The standard InChI is InChI=1S/C54H72N2O9S2Si2/c1-53(2)48(55(34-14-16-37-66(57,58)59)46-30-26-40-20-10-12-24-44(40)50(46)53)32-28-42-22-18-23-43(52(42)64-36-19-39-69(9,63-5)65-68(6,7)8)29-33-49-54(3,4)51-45-25-13-11-21-41(45)27-31-47(51)56(49)35-15-17-38-67(60,61)62/h10-13,20-21,24-33H,14-19,22-23,34-39H2,1-9H3,(H-,57,58,59,60,61,62)/p+1. The van der Waals surface area contributed by atoms with Crippen molar-refractivity contribution in [2.75, 3.05) is 43.2 Å². The van der Waals surface area contributed by atoms with E-state index in [-0.39, 0.29) is 11.5 Å². The Kier molecular flexibility index (Phi) is 15.9. The highest BCUT2D eigenvalue weighted by Gasteiger charge is 2.46. The van der Waals surface area contributed by atoms with Gasteiger partial charge in [-0.15, -0.1) is 0 Å². The summed E-state index contributed by atoms with van der Waals surface area (Å²) in [7, 11) is -10.7. The fourth-order valence-electron chi connectivity index (χ4n) is 10.8. The average molecular weight is 1010 g/mol. The molecule has 0 radical (unpaired) electrons. The van der Waals surface area contributed by atoms with E-state index in [4.69, 9.17) is 13.3 Å². The molecule has 4 aromatic carbocycles. The summed E-state index contributed by atoms with van der Waals surface area (Å²) in [4.78, 5) is 2.33. The van der Waals surface area contributed by atoms with Crippen molar-refractivity contribution in [1.82, 2.24) is 0 Å². The van der Waals surface area contributed by atoms with E-state index in [9.17, 15) is 25.9 Å². The molecule has 1 aliphatic carbocycles. The summed E-state index contributed by atoms with van der Waals surface area (Å²) in [5, 5.41) is 4.70. The summed E-state index contributed by atoms with van der Waals surface area (Å²) in [6.07, 6.45) is 14.1. The zero-order chi connectivity index (χ0) is 50.0. The molecule has 15 heteroatoms. The Morgan fingerprint density at radius 2 is 1.35 bits per heavy atom. The smallest absolute Gasteiger partial charge is 0.324 e. The van der Waals surface area contributed by atoms with Gasteiger partial charge in [-0.05, 0) is 154 Å². The van der Waals surface area contributed by atoms with Crippen LogP contribution in [0.4, 0.5) is 11.4 Å². The van der Waals surface area contributed by atoms with E-state index >= 15 is 0 Å². The predicted molar refractivity (Wildman–Crippen MR) is 287 cm³/mol. The van der Waals surface area contributed by atoms with Gasteiger partial charge in [-0.3, -0.25) is 9.11 Å². The van der Waals surface area contributed by atoms with Gasteiger partial charge in [-0.2, -0.15) is 21.4 Å². The number of hydrogen-bond donors (Lipinski definition) is 2. The number of fused-ring (bicyclic) bond motifs is 6. The number of ether oxygens (including phenoxy) is 1. The highest BCUT2D eigenvalue weighted by Crippen LogP contribution is 2.51. The third kappa shape index (κ3) is 12.3. The minimum Gasteiger partial charge on any atom is -0.493 e. The minimum atomic E-state index is -4.07. The topological polar surface area (TPSA) is 143 Å². The van der Waals surface area contributed by atoms with Crippen molar-refractivity contribution in [2.24, 2.45) is 0 Å². The molecule has 0 fully saturated rings. The first-order valence-corrected chi connectivity index (χ1v) is 33.7. The molecule has 0 aromatic heterocycles. The third-order valence-corrected chi connectivity index (χ3v) is 21.8. The summed E-state index contributed by atoms with van der Waals surface area (Å²) < 4.78 is 87.9. The SMILES string of the molecule is CO[Si](C)(CCCOC1=C(C=CC2=[N+](CCCCS(=O)(=O)O)c3ccc4ccccc4c3C2(C)C)CCCC1=CC=C1N(CCCCS(=O)(=O)O)c2ccc3ccccc3c2C1(C)C)O[Si](C)(C)C. The Hall–Kier alpha value is -4.20. The van der Waals surface area contributed by atoms with Crippen LogP contribution in [-0.2, 0) is 44.3 Å². The molecule has 0 bridgehead atoms. The quantitative estimate of drug-likeness (QED) is 0.0358. The first-order valence-electron chi connectivity index (χ1n) is 24.5. The van der Waals surface area contributed by atoms with Crippen LogP contribution in [-0.4, -0.2) is 91.4 Å². The van der Waals surface area contributed by atoms with Gasteiger partial charge >= 0.3 is 8.56 Å². The number of rotatable bonds is 21. The molecule has 2 aliphatic heterocycles. The Morgan fingerprint density at radius 1 is 0.725 bits per heavy atom. The van der Waals surface area contributed by atoms with Gasteiger partial charge in [-0.25, -0.2) is 0 Å². The van der Waals surface area contributed by atoms with Crippen LogP contribution in [0.5, 0.6) is 0 Å². The van der Waals surface area contributed by atoms with Gasteiger partial charge in [0.15, 0.2) is 14.0 Å². The maximum atomic E-state index is 11.7. The highest BCUT2D eigenvalue weighted by atomic mass is 32.2. The summed E-state index contributed by atoms with van der Waals surface area (Å²) in [5.74, 6) is 0.320. The van der Waals surface area contributed by atoms with Crippen molar-refractivity contribution in [3.8, 4) is 0 Å². The van der Waals surface area contributed by atoms with Crippen molar-refractivity contribution < 1.29 is 43.8 Å². The van der Waals surface area contributed by atoms with Crippen LogP contribution in [0.2, 0.25) is 32.2 Å². The van der Waals surface area contributed by atoms with Gasteiger partial charge in [0, 0.05) is 54.6 Å². The maximum absolute atomic E-state index is 11.7. The van der Waals surface area contributed by atoms with Crippen molar-refractivity contribution in [2.45, 2.75) is 122 Å². The number of anilines is 1. The van der Waals surface area contributed by atoms with Gasteiger partial charge in [0.05, 0.1) is 23.5 Å². The van der Waals surface area contributed by atoms with Crippen LogP contribution < -0.4 is 4.90 Å². The summed E-state index contributed by atoms with van der Waals surface area (Å²) >= 11 is 0. The number of nitrogens with zero attached hydrogens (tertiary/aromatic N) is 2. The van der Waals surface area contributed by atoms with Crippen molar-refractivity contribution in [3.63, 3.8) is 0 Å². The lowest BCUT2D eigenvalue weighted by atomic mass is 9.78. The van der Waals surface area contributed by atoms with E-state index in [1.165, 1.54) is 21.9 Å². The van der Waals surface area contributed by atoms with E-state index < -0.39 is 47.9 Å². The van der Waals surface area contributed by atoms with E-state index in [1.54, 1.807) is 7.11 Å². The van der Waals surface area contributed by atoms with Crippen LogP contribution in [0.3, 0.4) is 0 Å². The molecule has 2 N–H and O–H groups in total. The van der Waals surface area contributed by atoms with E-state index in [2.05, 4.69) is 160 Å². The van der Waals surface area contributed by atoms with Crippen molar-refractivity contribution in [3.05, 3.63) is 131 Å². The first kappa shape index (κ1) is 52.6. The van der Waals surface area contributed by atoms with E-state index in [1.807, 2.05) is 0 Å². The summed E-state index contributed by atoms with van der Waals surface area (Å²) in [6, 6.07) is 26.4. The van der Waals surface area contributed by atoms with E-state index in [0.29, 0.717) is 45.4 Å². The first-order chi connectivity index (χ1) is 32.4. The molecular weight excluding hydrogens is 941 g/mol. The normalized spacial score (nSPS) is 19.4. The highest BCUT2D eigenvalue weighted by molar-refractivity contribution is 7.86. The lowest BCUT2D eigenvalue weighted by Crippen LogP contribution is -2.46. The zero-order valence-electron chi connectivity index (χ0n) is 42.1. The molecular formula is C54H73N2O9S2Si2+. The molecule has 11 nitrogen and oxygen atoms in total. The number of benzene rings is 4. The van der Waals surface area contributed by atoms with Crippen LogP contribution in [0.25, 0.3) is 21.5 Å². The molecule has 2 heterocycles. The zero-order valence-corrected chi connectivity index (χ0v) is 45.7. The fraction of sp³-hybridized carbons (Fsp3) is 0.463. The molecule has 0 amide bonds. The lowest BCUT2D eigenvalue weighted by molar-refractivity contribution is -0.438.